The van der Waals surface area contributed by atoms with Crippen molar-refractivity contribution in [2.45, 2.75) is 94.3 Å². The number of benzene rings is 2. The smallest absolute Gasteiger partial charge is 0.262 e. The van der Waals surface area contributed by atoms with E-state index in [1.807, 2.05) is 31.2 Å². The van der Waals surface area contributed by atoms with E-state index in [0.717, 1.165) is 61.7 Å². The summed E-state index contributed by atoms with van der Waals surface area (Å²) in [6, 6.07) is 12.2. The molecular weight excluding hydrogens is 664 g/mol. The molecule has 3 fully saturated rings. The lowest BCUT2D eigenvalue weighted by molar-refractivity contribution is -0.0413. The van der Waals surface area contributed by atoms with Gasteiger partial charge in [0.2, 0.25) is 0 Å². The molecule has 2 aliphatic carbocycles. The number of rotatable bonds is 2. The first-order chi connectivity index (χ1) is 24.0. The van der Waals surface area contributed by atoms with Crippen molar-refractivity contribution in [2.75, 3.05) is 57.8 Å². The molecule has 2 aromatic carbocycles. The Morgan fingerprint density at radius 1 is 1.02 bits per heavy atom. The molecule has 4 heterocycles. The van der Waals surface area contributed by atoms with Crippen LogP contribution < -0.4 is 14.4 Å². The number of carbonyl (C=O) groups excluding carboxylic acids is 1. The molecule has 6 aliphatic rings. The second-order valence-electron chi connectivity index (χ2n) is 17.2. The summed E-state index contributed by atoms with van der Waals surface area (Å²) in [6.07, 6.45) is 11.7. The topological polar surface area (TPSA) is 65.1 Å². The van der Waals surface area contributed by atoms with Crippen molar-refractivity contribution in [3.63, 3.8) is 0 Å². The Labute approximate surface area is 305 Å². The van der Waals surface area contributed by atoms with Crippen LogP contribution in [-0.2, 0) is 21.5 Å². The Kier molecular flexibility index (Phi) is 9.26. The quantitative estimate of drug-likeness (QED) is 0.345. The van der Waals surface area contributed by atoms with Crippen LogP contribution in [0.25, 0.3) is 0 Å². The van der Waals surface area contributed by atoms with Crippen molar-refractivity contribution in [3.8, 4) is 5.75 Å². The number of nitrogens with zero attached hydrogens (tertiary/aromatic N) is 3. The Bertz CT molecular complexity index is 1730. The van der Waals surface area contributed by atoms with Crippen LogP contribution in [0.4, 0.5) is 5.69 Å². The Morgan fingerprint density at radius 3 is 2.62 bits per heavy atom. The van der Waals surface area contributed by atoms with Gasteiger partial charge >= 0.3 is 0 Å². The molecule has 2 bridgehead atoms. The second-order valence-corrected chi connectivity index (χ2v) is 20.1. The lowest BCUT2D eigenvalue weighted by Gasteiger charge is -2.54. The van der Waals surface area contributed by atoms with E-state index in [-0.39, 0.29) is 22.5 Å². The third-order valence-electron chi connectivity index (χ3n) is 14.2. The summed E-state index contributed by atoms with van der Waals surface area (Å²) in [4.78, 5) is 21.7. The molecule has 2 aromatic rings. The average Bonchev–Trinajstić information content (AvgIpc) is 3.37. The first kappa shape index (κ1) is 34.8. The highest BCUT2D eigenvalue weighted by Crippen LogP contribution is 2.49. The van der Waals surface area contributed by atoms with Crippen molar-refractivity contribution in [1.29, 1.82) is 0 Å². The van der Waals surface area contributed by atoms with Crippen LogP contribution in [0.3, 0.4) is 0 Å². The number of fused-ring (bicyclic) bond motifs is 4. The van der Waals surface area contributed by atoms with E-state index in [0.29, 0.717) is 35.5 Å². The summed E-state index contributed by atoms with van der Waals surface area (Å²) in [5.41, 5.74) is 4.43. The van der Waals surface area contributed by atoms with Gasteiger partial charge in [-0.15, -0.1) is 0 Å². The van der Waals surface area contributed by atoms with E-state index < -0.39 is 9.71 Å². The number of likely N-dealkylation sites (tertiary alicyclic amines) is 2. The van der Waals surface area contributed by atoms with Gasteiger partial charge in [0.05, 0.1) is 22.0 Å². The third kappa shape index (κ3) is 6.28. The predicted octanol–water partition coefficient (Wildman–Crippen LogP) is 6.81. The first-order valence-electron chi connectivity index (χ1n) is 19.4. The highest BCUT2D eigenvalue weighted by atomic mass is 35.5. The van der Waals surface area contributed by atoms with Crippen molar-refractivity contribution in [1.82, 2.24) is 14.5 Å². The van der Waals surface area contributed by atoms with Gasteiger partial charge < -0.3 is 9.64 Å². The molecule has 50 heavy (non-hydrogen) atoms. The minimum Gasteiger partial charge on any atom is -0.490 e. The molecule has 1 amide bonds. The number of anilines is 1. The van der Waals surface area contributed by atoms with Crippen LogP contribution in [0, 0.1) is 23.7 Å². The summed E-state index contributed by atoms with van der Waals surface area (Å²) in [7, 11) is -0.535. The number of halogens is 1. The van der Waals surface area contributed by atoms with Gasteiger partial charge in [-0.05, 0) is 149 Å². The number of hydrogen-bond donors (Lipinski definition) is 1. The van der Waals surface area contributed by atoms with Gasteiger partial charge in [0, 0.05) is 59.5 Å². The number of aryl methyl sites for hydroxylation is 1. The molecule has 7 atom stereocenters. The number of ether oxygens (including phenoxy) is 1. The Morgan fingerprint density at radius 2 is 1.86 bits per heavy atom. The molecule has 1 unspecified atom stereocenters. The number of hydrogen-bond acceptors (Lipinski definition) is 6. The molecule has 1 N–H and O–H groups in total. The average molecular weight is 721 g/mol. The summed E-state index contributed by atoms with van der Waals surface area (Å²) in [5.74, 6) is 6.74. The van der Waals surface area contributed by atoms with Gasteiger partial charge in [-0.2, -0.15) is 0 Å². The van der Waals surface area contributed by atoms with E-state index in [2.05, 4.69) is 51.4 Å². The monoisotopic (exact) mass is 720 g/mol. The lowest BCUT2D eigenvalue weighted by atomic mass is 9.64. The van der Waals surface area contributed by atoms with Crippen molar-refractivity contribution < 1.29 is 13.7 Å². The Hall–Kier alpha value is -2.26. The molecule has 0 aromatic heterocycles. The molecule has 7 nitrogen and oxygen atoms in total. The highest BCUT2D eigenvalue weighted by molar-refractivity contribution is 7.99. The van der Waals surface area contributed by atoms with Crippen LogP contribution in [0.15, 0.2) is 36.4 Å². The molecule has 4 aliphatic heterocycles. The molecule has 9 heteroatoms. The van der Waals surface area contributed by atoms with E-state index in [1.165, 1.54) is 69.4 Å². The molecule has 272 valence electrons. The SMILES string of the molecule is C=S1(=O)NC(=O)c2ccc3c(c2)N(C[C@@H]2CC[C@H]2[C@@H](CN2CC4(CCCN4C)C2)CCC[C@H](C)[C@H]1C)C[C@@]1(CCCc2cc(Cl)ccc21)CO3. The fraction of sp³-hybridized carbons (Fsp3) is 0.659. The maximum Gasteiger partial charge on any atom is 0.262 e. The van der Waals surface area contributed by atoms with Gasteiger partial charge in [0.1, 0.15) is 5.75 Å². The zero-order chi connectivity index (χ0) is 34.8. The maximum atomic E-state index is 14.0. The molecule has 0 radical (unpaired) electrons. The van der Waals surface area contributed by atoms with Crippen molar-refractivity contribution >= 4 is 38.8 Å². The predicted molar refractivity (Wildman–Crippen MR) is 206 cm³/mol. The third-order valence-corrected chi connectivity index (χ3v) is 16.6. The second kappa shape index (κ2) is 13.3. The molecule has 8 rings (SSSR count). The van der Waals surface area contributed by atoms with Crippen LogP contribution in [0.5, 0.6) is 5.75 Å². The molecule has 1 saturated carbocycles. The van der Waals surface area contributed by atoms with Gasteiger partial charge in [-0.25, -0.2) is 4.21 Å². The standard InChI is InChI=1S/C41H57ClN4O3S/c1-28-8-5-9-32(22-45-25-41(26-45)18-7-19-44(41)3)35-14-11-33(35)23-46-24-40(17-6-10-30-20-34(42)13-15-36(30)40)27-49-38-16-12-31(21-37(38)46)39(47)43-50(4,48)29(28)2/h12-13,15-16,20-21,28-29,32-33,35H,4-11,14,17-19,22-27H2,1-3H3,(H,43,47,48)/t28-,29+,32+,33-,35-,40-,50?/m0/s1. The number of carbonyl (C=O) groups is 1. The van der Waals surface area contributed by atoms with Crippen molar-refractivity contribution in [3.05, 3.63) is 58.1 Å². The van der Waals surface area contributed by atoms with Gasteiger partial charge in [-0.3, -0.25) is 19.3 Å². The minimum atomic E-state index is -2.86. The van der Waals surface area contributed by atoms with E-state index >= 15 is 0 Å². The molecular formula is C41H57ClN4O3S. The molecule has 2 saturated heterocycles. The number of nitrogens with one attached hydrogen (secondary N) is 1. The zero-order valence-electron chi connectivity index (χ0n) is 30.4. The van der Waals surface area contributed by atoms with E-state index in [4.69, 9.17) is 16.3 Å². The van der Waals surface area contributed by atoms with Crippen LogP contribution in [-0.4, -0.2) is 89.5 Å². The first-order valence-corrected chi connectivity index (χ1v) is 21.5. The molecule has 2 spiro atoms. The number of likely N-dealkylation sites (N-methyl/N-ethyl adjacent to an activating group) is 1. The minimum absolute atomic E-state index is 0.161. The van der Waals surface area contributed by atoms with Gasteiger partial charge in [-0.1, -0.05) is 31.0 Å². The van der Waals surface area contributed by atoms with Gasteiger partial charge in [0.25, 0.3) is 5.91 Å². The van der Waals surface area contributed by atoms with Crippen LogP contribution in [0.2, 0.25) is 5.02 Å². The summed E-state index contributed by atoms with van der Waals surface area (Å²) >= 11 is 6.51. The van der Waals surface area contributed by atoms with Gasteiger partial charge in [0.15, 0.2) is 0 Å². The van der Waals surface area contributed by atoms with Crippen molar-refractivity contribution in [2.24, 2.45) is 23.7 Å². The maximum absolute atomic E-state index is 14.0. The lowest BCUT2D eigenvalue weighted by Crippen LogP contribution is -2.67. The Balaban J connectivity index is 1.14. The van der Waals surface area contributed by atoms with Crippen LogP contribution in [0.1, 0.15) is 93.1 Å². The fourth-order valence-corrected chi connectivity index (χ4v) is 12.5. The normalized spacial score (nSPS) is 36.0. The summed E-state index contributed by atoms with van der Waals surface area (Å²) < 4.78 is 23.6. The highest BCUT2D eigenvalue weighted by Gasteiger charge is 2.50. The van der Waals surface area contributed by atoms with E-state index in [1.54, 1.807) is 0 Å². The largest absolute Gasteiger partial charge is 0.490 e. The summed E-state index contributed by atoms with van der Waals surface area (Å²) in [6.45, 7) is 11.4. The number of amides is 1. The van der Waals surface area contributed by atoms with E-state index in [9.17, 15) is 9.00 Å². The zero-order valence-corrected chi connectivity index (χ0v) is 32.0. The summed E-state index contributed by atoms with van der Waals surface area (Å²) in [5, 5.41) is 0.573. The fourth-order valence-electron chi connectivity index (χ4n) is 10.8. The van der Waals surface area contributed by atoms with Crippen LogP contribution >= 0.6 is 11.6 Å².